The van der Waals surface area contributed by atoms with E-state index in [-0.39, 0.29) is 5.75 Å². The summed E-state index contributed by atoms with van der Waals surface area (Å²) in [5.74, 6) is 1.62. The van der Waals surface area contributed by atoms with Gasteiger partial charge in [-0.3, -0.25) is 4.99 Å². The molecule has 0 saturated heterocycles. The Balaban J connectivity index is 4.03. The standard InChI is InChI=1S/C16H36N4O2S/c1-6-9-11-15(7-2)14-19-16(17-4)18-12-10-13-20(5)23(21,22)8-3/h15H,6-14H2,1-5H3,(H2,17,18,19). The highest BCUT2D eigenvalue weighted by Crippen LogP contribution is 2.10. The lowest BCUT2D eigenvalue weighted by Crippen LogP contribution is -2.41. The van der Waals surface area contributed by atoms with Gasteiger partial charge in [-0.15, -0.1) is 0 Å². The predicted octanol–water partition coefficient (Wildman–Crippen LogP) is 2.04. The van der Waals surface area contributed by atoms with E-state index >= 15 is 0 Å². The Labute approximate surface area is 143 Å². The van der Waals surface area contributed by atoms with E-state index in [9.17, 15) is 8.42 Å². The molecule has 0 spiro atoms. The molecule has 6 nitrogen and oxygen atoms in total. The molecule has 0 rings (SSSR count). The first-order chi connectivity index (χ1) is 10.9. The lowest BCUT2D eigenvalue weighted by Gasteiger charge is -2.19. The molecule has 1 unspecified atom stereocenters. The van der Waals surface area contributed by atoms with Crippen LogP contribution in [0.5, 0.6) is 0 Å². The minimum Gasteiger partial charge on any atom is -0.356 e. The summed E-state index contributed by atoms with van der Waals surface area (Å²) in [5, 5.41) is 6.61. The minimum atomic E-state index is -3.08. The van der Waals surface area contributed by atoms with Crippen LogP contribution in [-0.4, -0.2) is 58.2 Å². The number of guanidine groups is 1. The normalized spacial score (nSPS) is 14.1. The van der Waals surface area contributed by atoms with E-state index < -0.39 is 10.0 Å². The zero-order valence-electron chi connectivity index (χ0n) is 15.6. The van der Waals surface area contributed by atoms with Gasteiger partial charge in [-0.25, -0.2) is 12.7 Å². The number of nitrogens with zero attached hydrogens (tertiary/aromatic N) is 2. The van der Waals surface area contributed by atoms with Crippen molar-refractivity contribution in [1.29, 1.82) is 0 Å². The highest BCUT2D eigenvalue weighted by molar-refractivity contribution is 7.89. The molecule has 1 atom stereocenters. The zero-order chi connectivity index (χ0) is 17.7. The maximum Gasteiger partial charge on any atom is 0.213 e. The quantitative estimate of drug-likeness (QED) is 0.321. The summed E-state index contributed by atoms with van der Waals surface area (Å²) in [6.07, 6.45) is 5.67. The van der Waals surface area contributed by atoms with E-state index in [1.165, 1.54) is 30.0 Å². The monoisotopic (exact) mass is 348 g/mol. The van der Waals surface area contributed by atoms with Crippen LogP contribution in [0.4, 0.5) is 0 Å². The first kappa shape index (κ1) is 22.2. The largest absolute Gasteiger partial charge is 0.356 e. The summed E-state index contributed by atoms with van der Waals surface area (Å²) < 4.78 is 24.7. The van der Waals surface area contributed by atoms with Crippen molar-refractivity contribution in [3.63, 3.8) is 0 Å². The molecule has 0 bridgehead atoms. The molecule has 0 amide bonds. The fraction of sp³-hybridized carbons (Fsp3) is 0.938. The molecule has 0 fully saturated rings. The van der Waals surface area contributed by atoms with E-state index in [1.807, 2.05) is 0 Å². The van der Waals surface area contributed by atoms with Gasteiger partial charge in [-0.2, -0.15) is 0 Å². The van der Waals surface area contributed by atoms with Gasteiger partial charge in [-0.05, 0) is 25.7 Å². The van der Waals surface area contributed by atoms with E-state index in [2.05, 4.69) is 29.5 Å². The summed E-state index contributed by atoms with van der Waals surface area (Å²) in [6.45, 7) is 8.26. The third-order valence-corrected chi connectivity index (χ3v) is 5.97. The van der Waals surface area contributed by atoms with Crippen LogP contribution in [0.15, 0.2) is 4.99 Å². The van der Waals surface area contributed by atoms with Gasteiger partial charge < -0.3 is 10.6 Å². The van der Waals surface area contributed by atoms with Gasteiger partial charge in [0.05, 0.1) is 5.75 Å². The van der Waals surface area contributed by atoms with Crippen molar-refractivity contribution in [2.45, 2.75) is 52.9 Å². The van der Waals surface area contributed by atoms with Gasteiger partial charge in [0.25, 0.3) is 0 Å². The first-order valence-electron chi connectivity index (χ1n) is 8.79. The molecule has 0 radical (unpaired) electrons. The van der Waals surface area contributed by atoms with E-state index in [0.29, 0.717) is 19.0 Å². The number of aliphatic imine (C=N–C) groups is 1. The Hall–Kier alpha value is -0.820. The third-order valence-electron chi connectivity index (χ3n) is 4.11. The molecule has 0 aromatic carbocycles. The fourth-order valence-electron chi connectivity index (χ4n) is 2.27. The van der Waals surface area contributed by atoms with Crippen LogP contribution >= 0.6 is 0 Å². The van der Waals surface area contributed by atoms with E-state index in [0.717, 1.165) is 18.9 Å². The van der Waals surface area contributed by atoms with Gasteiger partial charge in [-0.1, -0.05) is 33.1 Å². The van der Waals surface area contributed by atoms with Crippen LogP contribution in [0.2, 0.25) is 0 Å². The Morgan fingerprint density at radius 1 is 1.17 bits per heavy atom. The molecule has 138 valence electrons. The smallest absolute Gasteiger partial charge is 0.213 e. The molecule has 0 aromatic heterocycles. The molecule has 2 N–H and O–H groups in total. The summed E-state index contributed by atoms with van der Waals surface area (Å²) in [4.78, 5) is 4.22. The molecule has 23 heavy (non-hydrogen) atoms. The van der Waals surface area contributed by atoms with Crippen molar-refractivity contribution in [2.75, 3.05) is 39.5 Å². The average molecular weight is 349 g/mol. The van der Waals surface area contributed by atoms with Crippen molar-refractivity contribution in [3.05, 3.63) is 0 Å². The summed E-state index contributed by atoms with van der Waals surface area (Å²) in [6, 6.07) is 0. The zero-order valence-corrected chi connectivity index (χ0v) is 16.4. The SMILES string of the molecule is CCCCC(CC)CNC(=NC)NCCCN(C)S(=O)(=O)CC. The Morgan fingerprint density at radius 3 is 2.39 bits per heavy atom. The maximum atomic E-state index is 11.6. The lowest BCUT2D eigenvalue weighted by molar-refractivity contribution is 0.442. The number of hydrogen-bond acceptors (Lipinski definition) is 3. The Bertz CT molecular complexity index is 424. The Kier molecular flexibility index (Phi) is 12.1. The van der Waals surface area contributed by atoms with Crippen LogP contribution in [-0.2, 0) is 10.0 Å². The topological polar surface area (TPSA) is 73.8 Å². The molecular formula is C16H36N4O2S. The molecule has 7 heteroatoms. The van der Waals surface area contributed by atoms with E-state index in [1.54, 1.807) is 21.0 Å². The molecular weight excluding hydrogens is 312 g/mol. The molecule has 0 saturated carbocycles. The second-order valence-electron chi connectivity index (χ2n) is 5.87. The number of rotatable bonds is 12. The van der Waals surface area contributed by atoms with Gasteiger partial charge >= 0.3 is 0 Å². The van der Waals surface area contributed by atoms with Gasteiger partial charge in [0.2, 0.25) is 10.0 Å². The van der Waals surface area contributed by atoms with Crippen LogP contribution in [0.25, 0.3) is 0 Å². The van der Waals surface area contributed by atoms with Crippen molar-refractivity contribution in [3.8, 4) is 0 Å². The summed E-state index contributed by atoms with van der Waals surface area (Å²) in [5.41, 5.74) is 0. The molecule has 0 aromatic rings. The fourth-order valence-corrected chi connectivity index (χ4v) is 3.12. The van der Waals surface area contributed by atoms with Crippen molar-refractivity contribution >= 4 is 16.0 Å². The second kappa shape index (κ2) is 12.6. The highest BCUT2D eigenvalue weighted by atomic mass is 32.2. The number of nitrogens with one attached hydrogen (secondary N) is 2. The first-order valence-corrected chi connectivity index (χ1v) is 10.4. The second-order valence-corrected chi connectivity index (χ2v) is 8.24. The van der Waals surface area contributed by atoms with Gasteiger partial charge in [0.1, 0.15) is 0 Å². The van der Waals surface area contributed by atoms with Crippen LogP contribution in [0.1, 0.15) is 52.9 Å². The number of sulfonamides is 1. The van der Waals surface area contributed by atoms with Crippen molar-refractivity contribution in [2.24, 2.45) is 10.9 Å². The molecule has 0 aliphatic heterocycles. The van der Waals surface area contributed by atoms with Crippen LogP contribution < -0.4 is 10.6 Å². The molecule has 0 heterocycles. The maximum absolute atomic E-state index is 11.6. The van der Waals surface area contributed by atoms with Crippen LogP contribution in [0, 0.1) is 5.92 Å². The van der Waals surface area contributed by atoms with Gasteiger partial charge in [0, 0.05) is 33.7 Å². The van der Waals surface area contributed by atoms with Gasteiger partial charge in [0.15, 0.2) is 5.96 Å². The predicted molar refractivity (Wildman–Crippen MR) is 99.4 cm³/mol. The number of hydrogen-bond donors (Lipinski definition) is 2. The van der Waals surface area contributed by atoms with Crippen molar-refractivity contribution < 1.29 is 8.42 Å². The minimum absolute atomic E-state index is 0.149. The molecule has 0 aliphatic rings. The van der Waals surface area contributed by atoms with Crippen LogP contribution in [0.3, 0.4) is 0 Å². The van der Waals surface area contributed by atoms with E-state index in [4.69, 9.17) is 0 Å². The lowest BCUT2D eigenvalue weighted by atomic mass is 9.99. The highest BCUT2D eigenvalue weighted by Gasteiger charge is 2.14. The Morgan fingerprint density at radius 2 is 1.87 bits per heavy atom. The average Bonchev–Trinajstić information content (AvgIpc) is 2.56. The molecule has 0 aliphatic carbocycles. The van der Waals surface area contributed by atoms with Crippen molar-refractivity contribution in [1.82, 2.24) is 14.9 Å². The summed E-state index contributed by atoms with van der Waals surface area (Å²) in [7, 11) is 0.312. The third kappa shape index (κ3) is 9.81. The number of unbranched alkanes of at least 4 members (excludes halogenated alkanes) is 1. The summed E-state index contributed by atoms with van der Waals surface area (Å²) >= 11 is 0.